The molecule has 0 radical (unpaired) electrons. The first-order chi connectivity index (χ1) is 20.3. The van der Waals surface area contributed by atoms with Crippen LogP contribution in [0.1, 0.15) is 101 Å². The van der Waals surface area contributed by atoms with E-state index in [-0.39, 0.29) is 0 Å². The minimum absolute atomic E-state index is 0.898. The van der Waals surface area contributed by atoms with Crippen molar-refractivity contribution in [3.8, 4) is 0 Å². The fraction of sp³-hybridized carbons (Fsp3) is 0.667. The van der Waals surface area contributed by atoms with E-state index in [0.717, 1.165) is 60.1 Å². The van der Waals surface area contributed by atoms with Gasteiger partial charge in [0.2, 0.25) is 0 Å². The number of hydrogen-bond donors (Lipinski definition) is 0. The average Bonchev–Trinajstić information content (AvgIpc) is 2.97. The van der Waals surface area contributed by atoms with Gasteiger partial charge in [-0.1, -0.05) is 114 Å². The van der Waals surface area contributed by atoms with Crippen LogP contribution in [0.3, 0.4) is 0 Å². The lowest BCUT2D eigenvalue weighted by atomic mass is 10.0. The van der Waals surface area contributed by atoms with Crippen molar-refractivity contribution in [1.82, 2.24) is 0 Å². The number of thioether (sulfide) groups is 8. The zero-order valence-electron chi connectivity index (χ0n) is 25.4. The first-order valence-corrected chi connectivity index (χ1v) is 24.2. The van der Waals surface area contributed by atoms with Gasteiger partial charge in [0.15, 0.2) is 0 Å². The molecule has 42 heavy (non-hydrogen) atoms. The molecule has 0 amide bonds. The van der Waals surface area contributed by atoms with Crippen molar-refractivity contribution in [2.45, 2.75) is 102 Å². The van der Waals surface area contributed by atoms with E-state index in [9.17, 15) is 0 Å². The third-order valence-electron chi connectivity index (χ3n) is 5.78. The van der Waals surface area contributed by atoms with E-state index in [0.29, 0.717) is 0 Å². The lowest BCUT2D eigenvalue weighted by molar-refractivity contribution is 0.898. The summed E-state index contributed by atoms with van der Waals surface area (Å²) in [6.07, 6.45) is 9.67. The maximum absolute atomic E-state index is 5.74. The molecule has 0 spiro atoms. The molecule has 0 nitrogen and oxygen atoms in total. The Labute approximate surface area is 313 Å². The fourth-order valence-corrected chi connectivity index (χ4v) is 12.6. The van der Waals surface area contributed by atoms with E-state index in [1.165, 1.54) is 73.6 Å². The van der Waals surface area contributed by atoms with Crippen LogP contribution in [0.15, 0.2) is 12.1 Å². The van der Waals surface area contributed by atoms with E-state index >= 15 is 0 Å². The van der Waals surface area contributed by atoms with Gasteiger partial charge in [-0.2, -0.15) is 0 Å². The van der Waals surface area contributed by atoms with Gasteiger partial charge < -0.3 is 0 Å². The maximum atomic E-state index is 5.74. The Bertz CT molecular complexity index is 800. The van der Waals surface area contributed by atoms with Gasteiger partial charge in [-0.3, -0.25) is 0 Å². The highest BCUT2D eigenvalue weighted by Gasteiger charge is 2.15. The Morgan fingerprint density at radius 2 is 0.619 bits per heavy atom. The van der Waals surface area contributed by atoms with Crippen LogP contribution in [0.2, 0.25) is 0 Å². The summed E-state index contributed by atoms with van der Waals surface area (Å²) in [5, 5.41) is 0. The summed E-state index contributed by atoms with van der Waals surface area (Å²) in [4.78, 5) is 0. The SMILES string of the molecule is CCCCSC(=S)SCc1cc(CSC(=S)SCCCC)c(CSC(=S)SCCCC)cc1CSC(=S)SCCCC. The lowest BCUT2D eigenvalue weighted by Crippen LogP contribution is -2.02. The van der Waals surface area contributed by atoms with E-state index in [1.54, 1.807) is 0 Å². The Balaban J connectivity index is 3.17. The minimum Gasteiger partial charge on any atom is -0.108 e. The second-order valence-electron chi connectivity index (χ2n) is 9.35. The molecular weight excluding hydrogens is 745 g/mol. The van der Waals surface area contributed by atoms with Gasteiger partial charge in [-0.05, 0) is 70.9 Å². The molecule has 0 atom stereocenters. The van der Waals surface area contributed by atoms with Crippen molar-refractivity contribution in [3.05, 3.63) is 34.4 Å². The predicted molar refractivity (Wildman–Crippen MR) is 231 cm³/mol. The van der Waals surface area contributed by atoms with E-state index in [1.807, 2.05) is 94.1 Å². The number of unbranched alkanes of at least 4 members (excludes halogenated alkanes) is 4. The van der Waals surface area contributed by atoms with Gasteiger partial charge in [0.25, 0.3) is 0 Å². The Hall–Kier alpha value is 2.38. The molecule has 0 unspecified atom stereocenters. The van der Waals surface area contributed by atoms with E-state index < -0.39 is 0 Å². The number of benzene rings is 1. The van der Waals surface area contributed by atoms with E-state index in [4.69, 9.17) is 48.9 Å². The van der Waals surface area contributed by atoms with Crippen LogP contribution in [0.25, 0.3) is 0 Å². The first-order valence-electron chi connectivity index (χ1n) is 14.7. The summed E-state index contributed by atoms with van der Waals surface area (Å²) < 4.78 is 4.19. The minimum atomic E-state index is 0.898. The van der Waals surface area contributed by atoms with Gasteiger partial charge in [0.1, 0.15) is 14.1 Å². The van der Waals surface area contributed by atoms with Crippen molar-refractivity contribution in [2.24, 2.45) is 0 Å². The fourth-order valence-electron chi connectivity index (χ4n) is 3.24. The number of rotatable bonds is 20. The third-order valence-corrected chi connectivity index (χ3v) is 17.1. The third kappa shape index (κ3) is 21.3. The van der Waals surface area contributed by atoms with Crippen molar-refractivity contribution in [2.75, 3.05) is 23.0 Å². The van der Waals surface area contributed by atoms with Crippen LogP contribution < -0.4 is 0 Å². The van der Waals surface area contributed by atoms with Gasteiger partial charge in [-0.25, -0.2) is 0 Å². The van der Waals surface area contributed by atoms with Crippen molar-refractivity contribution in [1.29, 1.82) is 0 Å². The summed E-state index contributed by atoms with van der Waals surface area (Å²) in [5.74, 6) is 8.02. The largest absolute Gasteiger partial charge is 0.108 e. The van der Waals surface area contributed by atoms with Crippen molar-refractivity contribution in [3.63, 3.8) is 0 Å². The van der Waals surface area contributed by atoms with Crippen LogP contribution in [-0.2, 0) is 23.0 Å². The Kier molecular flexibility index (Phi) is 28.7. The molecule has 0 saturated carbocycles. The Morgan fingerprint density at radius 1 is 0.405 bits per heavy atom. The molecule has 0 fully saturated rings. The normalized spacial score (nSPS) is 11.1. The molecule has 1 aromatic carbocycles. The highest BCUT2D eigenvalue weighted by molar-refractivity contribution is 8.48. The smallest absolute Gasteiger partial charge is 0.104 e. The number of thiocarbonyl (C=S) groups is 4. The second kappa shape index (κ2) is 28.4. The van der Waals surface area contributed by atoms with Crippen LogP contribution in [-0.4, -0.2) is 37.1 Å². The van der Waals surface area contributed by atoms with E-state index in [2.05, 4.69) is 39.8 Å². The molecule has 0 aliphatic rings. The highest BCUT2D eigenvalue weighted by Crippen LogP contribution is 2.34. The van der Waals surface area contributed by atoms with Crippen LogP contribution in [0.4, 0.5) is 0 Å². The van der Waals surface area contributed by atoms with Crippen molar-refractivity contribution >= 4 is 157 Å². The first kappa shape index (κ1) is 42.4. The summed E-state index contributed by atoms with van der Waals surface area (Å²) in [6, 6.07) is 4.87. The monoisotopic (exact) mass is 790 g/mol. The van der Waals surface area contributed by atoms with Gasteiger partial charge in [-0.15, -0.1) is 94.1 Å². The zero-order chi connectivity index (χ0) is 31.0. The molecule has 238 valence electrons. The van der Waals surface area contributed by atoms with Gasteiger partial charge >= 0.3 is 0 Å². The van der Waals surface area contributed by atoms with Gasteiger partial charge in [0, 0.05) is 23.0 Å². The van der Waals surface area contributed by atoms with Crippen LogP contribution >= 0.6 is 143 Å². The maximum Gasteiger partial charge on any atom is 0.104 e. The Morgan fingerprint density at radius 3 is 0.810 bits per heavy atom. The topological polar surface area (TPSA) is 0 Å². The summed E-state index contributed by atoms with van der Waals surface area (Å²) in [5.41, 5.74) is 5.50. The molecule has 0 saturated heterocycles. The van der Waals surface area contributed by atoms with Crippen molar-refractivity contribution < 1.29 is 0 Å². The molecule has 0 N–H and O–H groups in total. The van der Waals surface area contributed by atoms with Gasteiger partial charge in [0.05, 0.1) is 0 Å². The zero-order valence-corrected chi connectivity index (χ0v) is 35.2. The quantitative estimate of drug-likeness (QED) is 0.0912. The standard InChI is InChI=1S/C30H46S12/c1-5-9-13-35-27(31)39-19-23-17-25(21-41-29(33)37-15-11-7-3)26(22-42-30(34)38-16-12-8-4)18-24(23)20-40-28(32)36-14-10-6-2/h17-18H,5-16,19-22H2,1-4H3. The average molecular weight is 792 g/mol. The second-order valence-corrected chi connectivity index (χ2v) is 22.4. The molecular formula is C30H46S12. The molecule has 0 aromatic heterocycles. The molecule has 1 aromatic rings. The molecule has 0 heterocycles. The van der Waals surface area contributed by atoms with Crippen LogP contribution in [0.5, 0.6) is 0 Å². The highest BCUT2D eigenvalue weighted by atomic mass is 32.2. The molecule has 1 rings (SSSR count). The molecule has 0 aliphatic carbocycles. The summed E-state index contributed by atoms with van der Waals surface area (Å²) in [6.45, 7) is 8.93. The predicted octanol–water partition coefficient (Wildman–Crippen LogP) is 13.9. The lowest BCUT2D eigenvalue weighted by Gasteiger charge is -2.17. The van der Waals surface area contributed by atoms with Crippen LogP contribution in [0, 0.1) is 0 Å². The summed E-state index contributed by atoms with van der Waals surface area (Å²) in [7, 11) is 0. The summed E-state index contributed by atoms with van der Waals surface area (Å²) >= 11 is 37.5. The molecule has 12 heteroatoms. The molecule has 0 bridgehead atoms. The molecule has 0 aliphatic heterocycles. The number of hydrogen-bond acceptors (Lipinski definition) is 12.